The molecule has 19 heavy (non-hydrogen) atoms. The monoisotopic (exact) mass is 264 g/mol. The fourth-order valence-corrected chi connectivity index (χ4v) is 2.24. The van der Waals surface area contributed by atoms with E-state index in [1.165, 1.54) is 11.0 Å². The largest absolute Gasteiger partial charge is 0.388 e. The van der Waals surface area contributed by atoms with Crippen LogP contribution in [-0.4, -0.2) is 39.5 Å². The van der Waals surface area contributed by atoms with Gasteiger partial charge in [-0.3, -0.25) is 14.9 Å². The van der Waals surface area contributed by atoms with Crippen molar-refractivity contribution in [1.29, 1.82) is 0 Å². The molecule has 1 amide bonds. The minimum absolute atomic E-state index is 0.0585. The molecule has 6 heteroatoms. The van der Waals surface area contributed by atoms with Gasteiger partial charge in [-0.15, -0.1) is 0 Å². The van der Waals surface area contributed by atoms with Gasteiger partial charge in [0, 0.05) is 30.3 Å². The number of benzene rings is 1. The Morgan fingerprint density at radius 3 is 2.74 bits per heavy atom. The molecule has 1 aliphatic rings. The maximum atomic E-state index is 12.2. The molecule has 1 aromatic rings. The predicted molar refractivity (Wildman–Crippen MR) is 69.0 cm³/mol. The van der Waals surface area contributed by atoms with Gasteiger partial charge in [0.05, 0.1) is 10.5 Å². The Kier molecular flexibility index (Phi) is 3.28. The summed E-state index contributed by atoms with van der Waals surface area (Å²) in [5.41, 5.74) is -0.117. The molecule has 0 saturated carbocycles. The summed E-state index contributed by atoms with van der Waals surface area (Å²) in [7, 11) is 0. The molecule has 1 saturated heterocycles. The SMILES string of the molecule is Cc1ccc(C(=O)N2CCC(C)(O)C2)cc1[N+](=O)[O-]. The van der Waals surface area contributed by atoms with E-state index in [0.29, 0.717) is 18.5 Å². The van der Waals surface area contributed by atoms with E-state index in [1.807, 2.05) is 0 Å². The Morgan fingerprint density at radius 1 is 1.53 bits per heavy atom. The average molecular weight is 264 g/mol. The molecule has 102 valence electrons. The fourth-order valence-electron chi connectivity index (χ4n) is 2.24. The summed E-state index contributed by atoms with van der Waals surface area (Å²) >= 11 is 0. The number of β-amino-alcohol motifs (C(OH)–C–C–N with tert-alkyl or cyclic N) is 1. The van der Waals surface area contributed by atoms with Crippen LogP contribution in [0.1, 0.15) is 29.3 Å². The normalized spacial score (nSPS) is 22.6. The lowest BCUT2D eigenvalue weighted by atomic mass is 10.1. The Labute approximate surface area is 110 Å². The minimum atomic E-state index is -0.869. The van der Waals surface area contributed by atoms with Crippen LogP contribution in [0.2, 0.25) is 0 Å². The van der Waals surface area contributed by atoms with Crippen molar-refractivity contribution in [3.8, 4) is 0 Å². The van der Waals surface area contributed by atoms with E-state index < -0.39 is 10.5 Å². The molecule has 1 N–H and O–H groups in total. The second-order valence-corrected chi connectivity index (χ2v) is 5.23. The van der Waals surface area contributed by atoms with Crippen molar-refractivity contribution < 1.29 is 14.8 Å². The summed E-state index contributed by atoms with van der Waals surface area (Å²) in [6.07, 6.45) is 0.521. The number of carbonyl (C=O) groups is 1. The standard InChI is InChI=1S/C13H16N2O4/c1-9-3-4-10(7-11(9)15(18)19)12(16)14-6-5-13(2,17)8-14/h3-4,7,17H,5-6,8H2,1-2H3. The minimum Gasteiger partial charge on any atom is -0.388 e. The van der Waals surface area contributed by atoms with Crippen molar-refractivity contribution in [2.24, 2.45) is 0 Å². The molecule has 2 rings (SSSR count). The number of nitro benzene ring substituents is 1. The van der Waals surface area contributed by atoms with Gasteiger partial charge in [-0.1, -0.05) is 6.07 Å². The van der Waals surface area contributed by atoms with Gasteiger partial charge in [-0.2, -0.15) is 0 Å². The molecular weight excluding hydrogens is 248 g/mol. The van der Waals surface area contributed by atoms with Gasteiger partial charge in [-0.25, -0.2) is 0 Å². The highest BCUT2D eigenvalue weighted by molar-refractivity contribution is 5.95. The van der Waals surface area contributed by atoms with Gasteiger partial charge in [0.25, 0.3) is 11.6 Å². The second kappa shape index (κ2) is 4.62. The highest BCUT2D eigenvalue weighted by Gasteiger charge is 2.34. The van der Waals surface area contributed by atoms with Crippen LogP contribution in [0.15, 0.2) is 18.2 Å². The van der Waals surface area contributed by atoms with Crippen molar-refractivity contribution in [3.63, 3.8) is 0 Å². The number of hydrogen-bond donors (Lipinski definition) is 1. The number of rotatable bonds is 2. The molecular formula is C13H16N2O4. The highest BCUT2D eigenvalue weighted by Crippen LogP contribution is 2.24. The zero-order valence-electron chi connectivity index (χ0n) is 10.9. The van der Waals surface area contributed by atoms with Crippen LogP contribution in [0.4, 0.5) is 5.69 Å². The number of likely N-dealkylation sites (tertiary alicyclic amines) is 1. The molecule has 0 spiro atoms. The zero-order valence-corrected chi connectivity index (χ0v) is 10.9. The van der Waals surface area contributed by atoms with Crippen molar-refractivity contribution in [1.82, 2.24) is 4.90 Å². The van der Waals surface area contributed by atoms with Crippen LogP contribution in [-0.2, 0) is 0 Å². The number of carbonyl (C=O) groups excluding carboxylic acids is 1. The summed E-state index contributed by atoms with van der Waals surface area (Å²) in [6, 6.07) is 4.45. The molecule has 1 aliphatic heterocycles. The second-order valence-electron chi connectivity index (χ2n) is 5.23. The molecule has 1 atom stereocenters. The van der Waals surface area contributed by atoms with Crippen molar-refractivity contribution in [2.75, 3.05) is 13.1 Å². The number of nitro groups is 1. The topological polar surface area (TPSA) is 83.7 Å². The van der Waals surface area contributed by atoms with Gasteiger partial charge >= 0.3 is 0 Å². The molecule has 1 heterocycles. The number of aryl methyl sites for hydroxylation is 1. The summed E-state index contributed by atoms with van der Waals surface area (Å²) in [5.74, 6) is -0.277. The lowest BCUT2D eigenvalue weighted by molar-refractivity contribution is -0.385. The van der Waals surface area contributed by atoms with E-state index in [2.05, 4.69) is 0 Å². The molecule has 0 aromatic heterocycles. The molecule has 0 aliphatic carbocycles. The van der Waals surface area contributed by atoms with E-state index in [4.69, 9.17) is 0 Å². The zero-order chi connectivity index (χ0) is 14.2. The number of hydrogen-bond acceptors (Lipinski definition) is 4. The van der Waals surface area contributed by atoms with Gasteiger partial charge < -0.3 is 10.0 Å². The molecule has 1 fully saturated rings. The van der Waals surface area contributed by atoms with Gasteiger partial charge in [0.15, 0.2) is 0 Å². The Hall–Kier alpha value is -1.95. The van der Waals surface area contributed by atoms with E-state index in [0.717, 1.165) is 0 Å². The first-order valence-corrected chi connectivity index (χ1v) is 6.07. The van der Waals surface area contributed by atoms with Crippen LogP contribution >= 0.6 is 0 Å². The van der Waals surface area contributed by atoms with Gasteiger partial charge in [-0.05, 0) is 26.3 Å². The maximum Gasteiger partial charge on any atom is 0.273 e. The average Bonchev–Trinajstić information content (AvgIpc) is 2.69. The van der Waals surface area contributed by atoms with E-state index >= 15 is 0 Å². The van der Waals surface area contributed by atoms with E-state index in [9.17, 15) is 20.0 Å². The number of amides is 1. The maximum absolute atomic E-state index is 12.2. The molecule has 6 nitrogen and oxygen atoms in total. The summed E-state index contributed by atoms with van der Waals surface area (Å²) in [4.78, 5) is 24.1. The first-order valence-electron chi connectivity index (χ1n) is 6.07. The van der Waals surface area contributed by atoms with Crippen LogP contribution < -0.4 is 0 Å². The third kappa shape index (κ3) is 2.73. The van der Waals surface area contributed by atoms with Crippen molar-refractivity contribution in [2.45, 2.75) is 25.9 Å². The third-order valence-corrected chi connectivity index (χ3v) is 3.39. The summed E-state index contributed by atoms with van der Waals surface area (Å²) in [5, 5.41) is 20.7. The molecule has 0 bridgehead atoms. The van der Waals surface area contributed by atoms with Crippen LogP contribution in [0.25, 0.3) is 0 Å². The summed E-state index contributed by atoms with van der Waals surface area (Å²) in [6.45, 7) is 4.03. The van der Waals surface area contributed by atoms with Crippen LogP contribution in [0.3, 0.4) is 0 Å². The lowest BCUT2D eigenvalue weighted by Crippen LogP contribution is -2.33. The lowest BCUT2D eigenvalue weighted by Gasteiger charge is -2.19. The van der Waals surface area contributed by atoms with Crippen LogP contribution in [0.5, 0.6) is 0 Å². The smallest absolute Gasteiger partial charge is 0.273 e. The molecule has 0 radical (unpaired) electrons. The van der Waals surface area contributed by atoms with E-state index in [1.54, 1.807) is 26.0 Å². The number of aliphatic hydroxyl groups is 1. The van der Waals surface area contributed by atoms with Gasteiger partial charge in [0.2, 0.25) is 0 Å². The fraction of sp³-hybridized carbons (Fsp3) is 0.462. The number of nitrogens with zero attached hydrogens (tertiary/aromatic N) is 2. The quantitative estimate of drug-likeness (QED) is 0.648. The summed E-state index contributed by atoms with van der Waals surface area (Å²) < 4.78 is 0. The predicted octanol–water partition coefficient (Wildman–Crippen LogP) is 1.50. The van der Waals surface area contributed by atoms with Gasteiger partial charge in [0.1, 0.15) is 0 Å². The van der Waals surface area contributed by atoms with E-state index in [-0.39, 0.29) is 23.7 Å². The Bertz CT molecular complexity index is 539. The van der Waals surface area contributed by atoms with Crippen molar-refractivity contribution in [3.05, 3.63) is 39.4 Å². The Balaban J connectivity index is 2.25. The third-order valence-electron chi connectivity index (χ3n) is 3.39. The molecule has 1 aromatic carbocycles. The van der Waals surface area contributed by atoms with Crippen molar-refractivity contribution >= 4 is 11.6 Å². The first kappa shape index (κ1) is 13.5. The highest BCUT2D eigenvalue weighted by atomic mass is 16.6. The Morgan fingerprint density at radius 2 is 2.21 bits per heavy atom. The molecule has 1 unspecified atom stereocenters. The van der Waals surface area contributed by atoms with Crippen LogP contribution in [0, 0.1) is 17.0 Å². The first-order chi connectivity index (χ1) is 8.80.